The molecule has 0 amide bonds. The van der Waals surface area contributed by atoms with Crippen LogP contribution >= 0.6 is 0 Å². The van der Waals surface area contributed by atoms with E-state index >= 15 is 0 Å². The van der Waals surface area contributed by atoms with Crippen molar-refractivity contribution >= 4 is 0 Å². The molecule has 0 bridgehead atoms. The summed E-state index contributed by atoms with van der Waals surface area (Å²) in [5.74, 6) is -0.810. The summed E-state index contributed by atoms with van der Waals surface area (Å²) < 4.78 is 11.4. The Balaban J connectivity index is -0.00000180. The minimum Gasteiger partial charge on any atom is -0.391 e. The van der Waals surface area contributed by atoms with E-state index in [1.165, 1.54) is 51.4 Å². The van der Waals surface area contributed by atoms with Crippen molar-refractivity contribution < 1.29 is 47.3 Å². The summed E-state index contributed by atoms with van der Waals surface area (Å²) in [5.41, 5.74) is 0. The molecule has 0 aromatic heterocycles. The van der Waals surface area contributed by atoms with E-state index in [0.29, 0.717) is 13.2 Å². The van der Waals surface area contributed by atoms with E-state index in [1.54, 1.807) is 0 Å². The third kappa shape index (κ3) is 17.3. The molecule has 3 nitrogen and oxygen atoms in total. The summed E-state index contributed by atoms with van der Waals surface area (Å²) in [4.78, 5) is 0. The van der Waals surface area contributed by atoms with Crippen molar-refractivity contribution in [3.8, 4) is 0 Å². The van der Waals surface area contributed by atoms with Gasteiger partial charge in [0, 0.05) is 32.7 Å². The van der Waals surface area contributed by atoms with E-state index in [-0.39, 0.29) is 46.7 Å². The van der Waals surface area contributed by atoms with Gasteiger partial charge in [0.15, 0.2) is 5.79 Å². The maximum atomic E-state index is 9.42. The molecule has 1 radical (unpaired) electrons. The summed E-state index contributed by atoms with van der Waals surface area (Å²) in [6.45, 7) is 7.55. The minimum atomic E-state index is -0.810. The predicted octanol–water partition coefficient (Wildman–Crippen LogP) is 5.12. The van der Waals surface area contributed by atoms with Gasteiger partial charge in [-0.2, -0.15) is 0 Å². The molecule has 0 fully saturated rings. The molecule has 0 aliphatic carbocycles. The zero-order chi connectivity index (χ0) is 15.1. The number of rotatable bonds is 15. The van der Waals surface area contributed by atoms with Gasteiger partial charge in [-0.15, -0.1) is 0 Å². The van der Waals surface area contributed by atoms with Gasteiger partial charge in [-0.1, -0.05) is 65.2 Å². The SMILES string of the molecule is CCCCCCCOC(C)(CO)OCCCCCCC.[CH3-].[Y]. The zero-order valence-electron chi connectivity index (χ0n) is 15.5. The summed E-state index contributed by atoms with van der Waals surface area (Å²) in [6.07, 6.45) is 12.2. The molecule has 0 aliphatic heterocycles. The average Bonchev–Trinajstić information content (AvgIpc) is 2.46. The smallest absolute Gasteiger partial charge is 0.188 e. The monoisotopic (exact) mass is 392 g/mol. The standard InChI is InChI=1S/C17H36O3.CH3.Y/c1-4-6-8-10-12-14-19-17(3,16-18)20-15-13-11-9-7-5-2;;/h18H,4-16H2,1-3H3;1H3;/q;-1;. The molecule has 0 aromatic rings. The van der Waals surface area contributed by atoms with Crippen LogP contribution in [0.15, 0.2) is 0 Å². The Bertz CT molecular complexity index is 185. The van der Waals surface area contributed by atoms with Crippen LogP contribution in [0, 0.1) is 7.43 Å². The second kappa shape index (κ2) is 20.0. The molecule has 133 valence electrons. The molecule has 0 heterocycles. The van der Waals surface area contributed by atoms with Gasteiger partial charge in [0.25, 0.3) is 0 Å². The van der Waals surface area contributed by atoms with Crippen molar-refractivity contribution in [2.45, 2.75) is 90.8 Å². The van der Waals surface area contributed by atoms with Gasteiger partial charge in [-0.25, -0.2) is 0 Å². The van der Waals surface area contributed by atoms with E-state index < -0.39 is 5.79 Å². The number of aliphatic hydroxyl groups excluding tert-OH is 1. The van der Waals surface area contributed by atoms with Crippen LogP contribution in [-0.2, 0) is 42.2 Å². The van der Waals surface area contributed by atoms with E-state index in [0.717, 1.165) is 12.8 Å². The third-order valence-electron chi connectivity index (χ3n) is 3.60. The van der Waals surface area contributed by atoms with Crippen LogP contribution in [0.2, 0.25) is 0 Å². The molecule has 4 heteroatoms. The molecule has 0 saturated heterocycles. The van der Waals surface area contributed by atoms with Crippen LogP contribution in [0.25, 0.3) is 0 Å². The van der Waals surface area contributed by atoms with Gasteiger partial charge in [-0.3, -0.25) is 0 Å². The largest absolute Gasteiger partial charge is 0.391 e. The number of ether oxygens (including phenoxy) is 2. The molecule has 0 saturated carbocycles. The van der Waals surface area contributed by atoms with Crippen LogP contribution in [0.3, 0.4) is 0 Å². The normalized spacial score (nSPS) is 10.9. The Kier molecular flexibility index (Phi) is 25.3. The number of hydrogen-bond acceptors (Lipinski definition) is 3. The first-order valence-corrected chi connectivity index (χ1v) is 8.57. The van der Waals surface area contributed by atoms with Crippen LogP contribution in [0.1, 0.15) is 85.0 Å². The minimum absolute atomic E-state index is 0. The summed E-state index contributed by atoms with van der Waals surface area (Å²) in [5, 5.41) is 9.42. The maximum absolute atomic E-state index is 9.42. The van der Waals surface area contributed by atoms with Crippen molar-refractivity contribution in [2.24, 2.45) is 0 Å². The van der Waals surface area contributed by atoms with E-state index in [9.17, 15) is 5.11 Å². The van der Waals surface area contributed by atoms with Gasteiger partial charge in [-0.05, 0) is 19.8 Å². The van der Waals surface area contributed by atoms with E-state index in [1.807, 2.05) is 6.92 Å². The molecular weight excluding hydrogens is 353 g/mol. The van der Waals surface area contributed by atoms with Crippen molar-refractivity contribution in [3.63, 3.8) is 0 Å². The zero-order valence-corrected chi connectivity index (χ0v) is 18.4. The van der Waals surface area contributed by atoms with Crippen LogP contribution < -0.4 is 0 Å². The second-order valence-corrected chi connectivity index (χ2v) is 5.82. The fraction of sp³-hybridized carbons (Fsp3) is 0.944. The van der Waals surface area contributed by atoms with Gasteiger partial charge in [0.2, 0.25) is 0 Å². The maximum Gasteiger partial charge on any atom is 0.188 e. The third-order valence-corrected chi connectivity index (χ3v) is 3.60. The summed E-state index contributed by atoms with van der Waals surface area (Å²) in [7, 11) is 0. The van der Waals surface area contributed by atoms with Crippen LogP contribution in [-0.4, -0.2) is 30.7 Å². The first-order valence-electron chi connectivity index (χ1n) is 8.57. The molecule has 22 heavy (non-hydrogen) atoms. The summed E-state index contributed by atoms with van der Waals surface area (Å²) >= 11 is 0. The molecular formula is C18H39O3Y-. The number of aliphatic hydroxyl groups is 1. The Morgan fingerprint density at radius 1 is 0.727 bits per heavy atom. The Labute approximate surface area is 164 Å². The van der Waals surface area contributed by atoms with Crippen LogP contribution in [0.4, 0.5) is 0 Å². The predicted molar refractivity (Wildman–Crippen MR) is 91.3 cm³/mol. The molecule has 0 spiro atoms. The van der Waals surface area contributed by atoms with Crippen LogP contribution in [0.5, 0.6) is 0 Å². The van der Waals surface area contributed by atoms with Gasteiger partial charge >= 0.3 is 0 Å². The van der Waals surface area contributed by atoms with E-state index in [2.05, 4.69) is 13.8 Å². The Hall–Kier alpha value is 0.984. The Morgan fingerprint density at radius 3 is 1.41 bits per heavy atom. The number of unbranched alkanes of at least 4 members (excludes halogenated alkanes) is 8. The molecule has 1 N–H and O–H groups in total. The quantitative estimate of drug-likeness (QED) is 0.239. The summed E-state index contributed by atoms with van der Waals surface area (Å²) in [6, 6.07) is 0. The van der Waals surface area contributed by atoms with E-state index in [4.69, 9.17) is 9.47 Å². The van der Waals surface area contributed by atoms with Crippen molar-refractivity contribution in [1.29, 1.82) is 0 Å². The first-order chi connectivity index (χ1) is 9.68. The second-order valence-electron chi connectivity index (χ2n) is 5.82. The fourth-order valence-corrected chi connectivity index (χ4v) is 2.12. The first kappa shape index (κ1) is 27.8. The molecule has 0 atom stereocenters. The molecule has 0 aliphatic rings. The van der Waals surface area contributed by atoms with Crippen molar-refractivity contribution in [3.05, 3.63) is 7.43 Å². The van der Waals surface area contributed by atoms with Crippen molar-refractivity contribution in [2.75, 3.05) is 19.8 Å². The molecule has 0 aromatic carbocycles. The van der Waals surface area contributed by atoms with Crippen molar-refractivity contribution in [1.82, 2.24) is 0 Å². The molecule has 0 rings (SSSR count). The fourth-order valence-electron chi connectivity index (χ4n) is 2.12. The molecule has 0 unspecified atom stereocenters. The number of hydrogen-bond donors (Lipinski definition) is 1. The van der Waals surface area contributed by atoms with Gasteiger partial charge in [0.1, 0.15) is 0 Å². The van der Waals surface area contributed by atoms with Gasteiger partial charge < -0.3 is 22.0 Å². The van der Waals surface area contributed by atoms with Gasteiger partial charge in [0.05, 0.1) is 19.8 Å². The average molecular weight is 392 g/mol. The Morgan fingerprint density at radius 2 is 1.09 bits per heavy atom. The topological polar surface area (TPSA) is 38.7 Å².